The second kappa shape index (κ2) is 6.80. The van der Waals surface area contributed by atoms with Crippen LogP contribution in [0.25, 0.3) is 16.6 Å². The van der Waals surface area contributed by atoms with Crippen molar-refractivity contribution in [3.05, 3.63) is 82.0 Å². The van der Waals surface area contributed by atoms with Crippen LogP contribution >= 0.6 is 11.8 Å². The van der Waals surface area contributed by atoms with Crippen molar-refractivity contribution in [1.29, 1.82) is 0 Å². The molecule has 0 saturated carbocycles. The topological polar surface area (TPSA) is 60.9 Å². The highest BCUT2D eigenvalue weighted by atomic mass is 32.2. The number of thioether (sulfide) groups is 1. The first-order valence-electron chi connectivity index (χ1n) is 8.25. The van der Waals surface area contributed by atoms with E-state index in [-0.39, 0.29) is 5.56 Å². The second-order valence-electron chi connectivity index (χ2n) is 6.05. The molecule has 4 aromatic rings. The first-order valence-corrected chi connectivity index (χ1v) is 9.24. The Bertz CT molecular complexity index is 1130. The SMILES string of the molecule is Cc1cccc(-n2c(SCc3ccon3)nc3ccccc3c2=O)c1C. The molecule has 0 saturated heterocycles. The summed E-state index contributed by atoms with van der Waals surface area (Å²) in [4.78, 5) is 18.0. The van der Waals surface area contributed by atoms with Crippen LogP contribution in [0.2, 0.25) is 0 Å². The highest BCUT2D eigenvalue weighted by Gasteiger charge is 2.15. The third kappa shape index (κ3) is 2.93. The fourth-order valence-corrected chi connectivity index (χ4v) is 3.75. The van der Waals surface area contributed by atoms with Crippen molar-refractivity contribution in [2.24, 2.45) is 0 Å². The van der Waals surface area contributed by atoms with E-state index in [0.717, 1.165) is 22.5 Å². The average Bonchev–Trinajstić information content (AvgIpc) is 3.17. The van der Waals surface area contributed by atoms with Gasteiger partial charge in [0.2, 0.25) is 0 Å². The van der Waals surface area contributed by atoms with Crippen molar-refractivity contribution in [3.63, 3.8) is 0 Å². The molecule has 0 radical (unpaired) electrons. The first kappa shape index (κ1) is 16.6. The van der Waals surface area contributed by atoms with Gasteiger partial charge < -0.3 is 4.52 Å². The van der Waals surface area contributed by atoms with Crippen LogP contribution in [-0.2, 0) is 5.75 Å². The number of fused-ring (bicyclic) bond motifs is 1. The van der Waals surface area contributed by atoms with Crippen LogP contribution in [0.15, 0.2) is 69.3 Å². The molecule has 0 aliphatic carbocycles. The fourth-order valence-electron chi connectivity index (χ4n) is 2.85. The number of hydrogen-bond acceptors (Lipinski definition) is 5. The number of rotatable bonds is 4. The van der Waals surface area contributed by atoms with Gasteiger partial charge in [0.1, 0.15) is 6.26 Å². The lowest BCUT2D eigenvalue weighted by atomic mass is 10.1. The van der Waals surface area contributed by atoms with Crippen LogP contribution < -0.4 is 5.56 Å². The number of para-hydroxylation sites is 1. The molecular weight excluding hydrogens is 346 g/mol. The molecule has 0 N–H and O–H groups in total. The molecule has 6 heteroatoms. The Morgan fingerprint density at radius 1 is 1.08 bits per heavy atom. The maximum Gasteiger partial charge on any atom is 0.266 e. The molecule has 5 nitrogen and oxygen atoms in total. The molecule has 130 valence electrons. The molecule has 2 heterocycles. The summed E-state index contributed by atoms with van der Waals surface area (Å²) in [6.07, 6.45) is 1.54. The number of aromatic nitrogens is 3. The van der Waals surface area contributed by atoms with Crippen molar-refractivity contribution in [1.82, 2.24) is 14.7 Å². The van der Waals surface area contributed by atoms with Crippen LogP contribution in [0.1, 0.15) is 16.8 Å². The summed E-state index contributed by atoms with van der Waals surface area (Å²) >= 11 is 1.47. The van der Waals surface area contributed by atoms with Gasteiger partial charge in [-0.05, 0) is 43.2 Å². The van der Waals surface area contributed by atoms with Gasteiger partial charge in [0, 0.05) is 11.8 Å². The van der Waals surface area contributed by atoms with Gasteiger partial charge in [0.15, 0.2) is 5.16 Å². The van der Waals surface area contributed by atoms with Crippen LogP contribution in [-0.4, -0.2) is 14.7 Å². The van der Waals surface area contributed by atoms with Crippen molar-refractivity contribution < 1.29 is 4.52 Å². The highest BCUT2D eigenvalue weighted by Crippen LogP contribution is 2.26. The smallest absolute Gasteiger partial charge is 0.266 e. The van der Waals surface area contributed by atoms with Gasteiger partial charge in [0.25, 0.3) is 5.56 Å². The minimum atomic E-state index is -0.0630. The molecule has 0 bridgehead atoms. The minimum absolute atomic E-state index is 0.0630. The maximum atomic E-state index is 13.3. The predicted octanol–water partition coefficient (Wildman–Crippen LogP) is 4.28. The van der Waals surface area contributed by atoms with Gasteiger partial charge >= 0.3 is 0 Å². The molecule has 0 spiro atoms. The number of nitrogens with zero attached hydrogens (tertiary/aromatic N) is 3. The van der Waals surface area contributed by atoms with E-state index >= 15 is 0 Å². The van der Waals surface area contributed by atoms with E-state index in [1.54, 1.807) is 10.8 Å². The van der Waals surface area contributed by atoms with E-state index < -0.39 is 0 Å². The fraction of sp³-hybridized carbons (Fsp3) is 0.150. The Morgan fingerprint density at radius 2 is 1.92 bits per heavy atom. The molecule has 0 aliphatic heterocycles. The van der Waals surface area contributed by atoms with E-state index in [0.29, 0.717) is 21.8 Å². The van der Waals surface area contributed by atoms with Gasteiger partial charge in [-0.1, -0.05) is 41.2 Å². The molecule has 2 aromatic heterocycles. The first-order chi connectivity index (χ1) is 12.6. The van der Waals surface area contributed by atoms with Gasteiger partial charge in [0.05, 0.1) is 22.3 Å². The summed E-state index contributed by atoms with van der Waals surface area (Å²) in [5, 5.41) is 5.19. The molecule has 0 unspecified atom stereocenters. The summed E-state index contributed by atoms with van der Waals surface area (Å²) in [5.74, 6) is 0.576. The largest absolute Gasteiger partial charge is 0.364 e. The quantitative estimate of drug-likeness (QED) is 0.400. The summed E-state index contributed by atoms with van der Waals surface area (Å²) in [7, 11) is 0. The van der Waals surface area contributed by atoms with E-state index in [9.17, 15) is 4.79 Å². The Labute approximate surface area is 154 Å². The Balaban J connectivity index is 1.93. The molecule has 0 amide bonds. The van der Waals surface area contributed by atoms with Crippen LogP contribution in [0.5, 0.6) is 0 Å². The van der Waals surface area contributed by atoms with Gasteiger partial charge in [-0.2, -0.15) is 0 Å². The van der Waals surface area contributed by atoms with Crippen molar-refractivity contribution in [2.75, 3.05) is 0 Å². The zero-order valence-electron chi connectivity index (χ0n) is 14.5. The number of benzene rings is 2. The molecular formula is C20H17N3O2S. The molecule has 0 aliphatic rings. The third-order valence-corrected chi connectivity index (χ3v) is 5.37. The third-order valence-electron chi connectivity index (χ3n) is 4.40. The van der Waals surface area contributed by atoms with Crippen LogP contribution in [0, 0.1) is 13.8 Å². The normalized spacial score (nSPS) is 11.2. The summed E-state index contributed by atoms with van der Waals surface area (Å²) in [6.45, 7) is 4.07. The predicted molar refractivity (Wildman–Crippen MR) is 103 cm³/mol. The number of aryl methyl sites for hydroxylation is 1. The minimum Gasteiger partial charge on any atom is -0.364 e. The molecule has 4 rings (SSSR count). The second-order valence-corrected chi connectivity index (χ2v) is 6.99. The Hall–Kier alpha value is -2.86. The lowest BCUT2D eigenvalue weighted by molar-refractivity contribution is 0.414. The van der Waals surface area contributed by atoms with E-state index in [4.69, 9.17) is 9.51 Å². The van der Waals surface area contributed by atoms with Gasteiger partial charge in [-0.15, -0.1) is 0 Å². The summed E-state index contributed by atoms with van der Waals surface area (Å²) < 4.78 is 6.60. The molecule has 2 aromatic carbocycles. The van der Waals surface area contributed by atoms with Crippen molar-refractivity contribution in [3.8, 4) is 5.69 Å². The molecule has 0 fully saturated rings. The van der Waals surface area contributed by atoms with Crippen molar-refractivity contribution in [2.45, 2.75) is 24.8 Å². The zero-order valence-corrected chi connectivity index (χ0v) is 15.3. The van der Waals surface area contributed by atoms with E-state index in [1.807, 2.05) is 62.4 Å². The van der Waals surface area contributed by atoms with E-state index in [2.05, 4.69) is 5.16 Å². The maximum absolute atomic E-state index is 13.3. The summed E-state index contributed by atoms with van der Waals surface area (Å²) in [6, 6.07) is 15.2. The Kier molecular flexibility index (Phi) is 4.34. The number of hydrogen-bond donors (Lipinski definition) is 0. The van der Waals surface area contributed by atoms with Crippen LogP contribution in [0.3, 0.4) is 0 Å². The highest BCUT2D eigenvalue weighted by molar-refractivity contribution is 7.98. The van der Waals surface area contributed by atoms with Crippen molar-refractivity contribution >= 4 is 22.7 Å². The lowest BCUT2D eigenvalue weighted by Gasteiger charge is -2.16. The molecule has 26 heavy (non-hydrogen) atoms. The van der Waals surface area contributed by atoms with Gasteiger partial charge in [-0.25, -0.2) is 4.98 Å². The zero-order chi connectivity index (χ0) is 18.1. The molecule has 0 atom stereocenters. The van der Waals surface area contributed by atoms with Crippen LogP contribution in [0.4, 0.5) is 0 Å². The van der Waals surface area contributed by atoms with Gasteiger partial charge in [-0.3, -0.25) is 9.36 Å². The average molecular weight is 363 g/mol. The monoisotopic (exact) mass is 363 g/mol. The summed E-state index contributed by atoms with van der Waals surface area (Å²) in [5.41, 5.74) is 4.50. The lowest BCUT2D eigenvalue weighted by Crippen LogP contribution is -2.22. The van der Waals surface area contributed by atoms with E-state index in [1.165, 1.54) is 11.8 Å². The Morgan fingerprint density at radius 3 is 2.73 bits per heavy atom. The standard InChI is InChI=1S/C20H17N3O2S/c1-13-6-5-9-18(14(13)2)23-19(24)16-7-3-4-8-17(16)21-20(23)26-12-15-10-11-25-22-15/h3-11H,12H2,1-2H3.